The van der Waals surface area contributed by atoms with E-state index in [0.29, 0.717) is 19.0 Å². The molecular weight excluding hydrogens is 366 g/mol. The van der Waals surface area contributed by atoms with Crippen LogP contribution in [0.3, 0.4) is 0 Å². The van der Waals surface area contributed by atoms with Crippen LogP contribution in [0.1, 0.15) is 43.2 Å². The van der Waals surface area contributed by atoms with Gasteiger partial charge in [-0.2, -0.15) is 0 Å². The van der Waals surface area contributed by atoms with Gasteiger partial charge in [0, 0.05) is 37.8 Å². The molecule has 1 aromatic carbocycles. The maximum absolute atomic E-state index is 12.3. The van der Waals surface area contributed by atoms with Crippen molar-refractivity contribution in [2.45, 2.75) is 46.6 Å². The Morgan fingerprint density at radius 2 is 2.03 bits per heavy atom. The molecule has 1 saturated heterocycles. The summed E-state index contributed by atoms with van der Waals surface area (Å²) in [4.78, 5) is 19.5. The SMILES string of the molecule is CCOCCCNC(=O)C1CCN(Cc2nc(-c3ccccc3C)oc2C)CC1. The van der Waals surface area contributed by atoms with Crippen LogP contribution in [-0.2, 0) is 16.1 Å². The van der Waals surface area contributed by atoms with Gasteiger partial charge in [-0.25, -0.2) is 4.98 Å². The molecule has 1 N–H and O–H groups in total. The molecule has 0 bridgehead atoms. The molecule has 0 saturated carbocycles. The monoisotopic (exact) mass is 399 g/mol. The zero-order valence-corrected chi connectivity index (χ0v) is 17.9. The zero-order chi connectivity index (χ0) is 20.6. The number of aryl methyl sites for hydroxylation is 2. The van der Waals surface area contributed by atoms with E-state index in [4.69, 9.17) is 14.1 Å². The second-order valence-corrected chi connectivity index (χ2v) is 7.73. The summed E-state index contributed by atoms with van der Waals surface area (Å²) in [6.45, 7) is 10.7. The van der Waals surface area contributed by atoms with Gasteiger partial charge in [-0.15, -0.1) is 0 Å². The molecule has 6 heteroatoms. The van der Waals surface area contributed by atoms with E-state index < -0.39 is 0 Å². The highest BCUT2D eigenvalue weighted by molar-refractivity contribution is 5.78. The number of oxazole rings is 1. The van der Waals surface area contributed by atoms with Crippen molar-refractivity contribution in [3.63, 3.8) is 0 Å². The minimum Gasteiger partial charge on any atom is -0.441 e. The highest BCUT2D eigenvalue weighted by Gasteiger charge is 2.26. The summed E-state index contributed by atoms with van der Waals surface area (Å²) in [5, 5.41) is 3.05. The summed E-state index contributed by atoms with van der Waals surface area (Å²) in [6, 6.07) is 8.15. The molecule has 1 aromatic heterocycles. The number of ether oxygens (including phenoxy) is 1. The van der Waals surface area contributed by atoms with Gasteiger partial charge in [-0.1, -0.05) is 18.2 Å². The molecule has 1 aliphatic rings. The minimum absolute atomic E-state index is 0.110. The maximum atomic E-state index is 12.3. The van der Waals surface area contributed by atoms with Gasteiger partial charge in [0.05, 0.1) is 5.69 Å². The smallest absolute Gasteiger partial charge is 0.226 e. The molecule has 2 aromatic rings. The molecule has 0 unspecified atom stereocenters. The number of hydrogen-bond acceptors (Lipinski definition) is 5. The number of hydrogen-bond donors (Lipinski definition) is 1. The number of rotatable bonds is 9. The summed E-state index contributed by atoms with van der Waals surface area (Å²) in [7, 11) is 0. The van der Waals surface area contributed by atoms with Crippen molar-refractivity contribution in [1.29, 1.82) is 0 Å². The first kappa shape index (κ1) is 21.5. The first-order chi connectivity index (χ1) is 14.1. The van der Waals surface area contributed by atoms with E-state index in [-0.39, 0.29) is 11.8 Å². The Bertz CT molecular complexity index is 794. The van der Waals surface area contributed by atoms with Gasteiger partial charge in [0.15, 0.2) is 0 Å². The molecule has 0 atom stereocenters. The summed E-state index contributed by atoms with van der Waals surface area (Å²) < 4.78 is 11.2. The number of likely N-dealkylation sites (tertiary alicyclic amines) is 1. The average molecular weight is 400 g/mol. The number of aromatic nitrogens is 1. The van der Waals surface area contributed by atoms with Crippen molar-refractivity contribution in [1.82, 2.24) is 15.2 Å². The third kappa shape index (κ3) is 5.90. The lowest BCUT2D eigenvalue weighted by Gasteiger charge is -2.30. The molecule has 3 rings (SSSR count). The van der Waals surface area contributed by atoms with Crippen molar-refractivity contribution in [2.24, 2.45) is 5.92 Å². The Kier molecular flexibility index (Phi) is 7.83. The molecule has 2 heterocycles. The normalized spacial score (nSPS) is 15.6. The number of amides is 1. The number of nitrogens with one attached hydrogen (secondary N) is 1. The van der Waals surface area contributed by atoms with Crippen molar-refractivity contribution in [3.8, 4) is 11.5 Å². The predicted molar refractivity (Wildman–Crippen MR) is 114 cm³/mol. The Morgan fingerprint density at radius 3 is 2.76 bits per heavy atom. The summed E-state index contributed by atoms with van der Waals surface area (Å²) in [6.07, 6.45) is 2.64. The maximum Gasteiger partial charge on any atom is 0.226 e. The second kappa shape index (κ2) is 10.6. The van der Waals surface area contributed by atoms with E-state index in [9.17, 15) is 4.79 Å². The topological polar surface area (TPSA) is 67.6 Å². The van der Waals surface area contributed by atoms with E-state index in [1.807, 2.05) is 32.0 Å². The first-order valence-electron chi connectivity index (χ1n) is 10.7. The van der Waals surface area contributed by atoms with E-state index in [2.05, 4.69) is 23.2 Å². The third-order valence-electron chi connectivity index (χ3n) is 5.57. The van der Waals surface area contributed by atoms with E-state index in [1.165, 1.54) is 0 Å². The van der Waals surface area contributed by atoms with Crippen LogP contribution in [0, 0.1) is 19.8 Å². The molecule has 1 fully saturated rings. The lowest BCUT2D eigenvalue weighted by atomic mass is 9.95. The van der Waals surface area contributed by atoms with Gasteiger partial charge in [-0.3, -0.25) is 9.69 Å². The number of piperidine rings is 1. The van der Waals surface area contributed by atoms with Crippen molar-refractivity contribution < 1.29 is 13.9 Å². The Hall–Kier alpha value is -2.18. The van der Waals surface area contributed by atoms with Crippen molar-refractivity contribution in [3.05, 3.63) is 41.3 Å². The summed E-state index contributed by atoms with van der Waals surface area (Å²) in [5.74, 6) is 1.86. The van der Waals surface area contributed by atoms with Gasteiger partial charge in [0.2, 0.25) is 11.8 Å². The van der Waals surface area contributed by atoms with Gasteiger partial charge in [-0.05, 0) is 64.8 Å². The zero-order valence-electron chi connectivity index (χ0n) is 17.9. The van der Waals surface area contributed by atoms with Gasteiger partial charge >= 0.3 is 0 Å². The average Bonchev–Trinajstić information content (AvgIpc) is 3.08. The number of nitrogens with zero attached hydrogens (tertiary/aromatic N) is 2. The van der Waals surface area contributed by atoms with Crippen LogP contribution < -0.4 is 5.32 Å². The van der Waals surface area contributed by atoms with Crippen LogP contribution in [0.15, 0.2) is 28.7 Å². The number of carbonyl (C=O) groups is 1. The highest BCUT2D eigenvalue weighted by atomic mass is 16.5. The standard InChI is InChI=1S/C23H33N3O3/c1-4-28-15-7-12-24-22(27)19-10-13-26(14-11-19)16-21-18(3)29-23(25-21)20-9-6-5-8-17(20)2/h5-6,8-9,19H,4,7,10-16H2,1-3H3,(H,24,27). The Balaban J connectivity index is 1.47. The summed E-state index contributed by atoms with van der Waals surface area (Å²) >= 11 is 0. The molecule has 1 aliphatic heterocycles. The van der Waals surface area contributed by atoms with E-state index in [0.717, 1.165) is 68.1 Å². The molecule has 0 radical (unpaired) electrons. The molecule has 0 aliphatic carbocycles. The quantitative estimate of drug-likeness (QED) is 0.651. The molecule has 29 heavy (non-hydrogen) atoms. The second-order valence-electron chi connectivity index (χ2n) is 7.73. The largest absolute Gasteiger partial charge is 0.441 e. The molecule has 1 amide bonds. The first-order valence-corrected chi connectivity index (χ1v) is 10.7. The van der Waals surface area contributed by atoms with E-state index >= 15 is 0 Å². The van der Waals surface area contributed by atoms with Crippen LogP contribution in [0.5, 0.6) is 0 Å². The van der Waals surface area contributed by atoms with Gasteiger partial charge in [0.25, 0.3) is 0 Å². The van der Waals surface area contributed by atoms with Crippen LogP contribution in [0.25, 0.3) is 11.5 Å². The van der Waals surface area contributed by atoms with Crippen LogP contribution >= 0.6 is 0 Å². The van der Waals surface area contributed by atoms with Crippen LogP contribution in [0.2, 0.25) is 0 Å². The molecule has 6 nitrogen and oxygen atoms in total. The highest BCUT2D eigenvalue weighted by Crippen LogP contribution is 2.26. The summed E-state index contributed by atoms with van der Waals surface area (Å²) in [5.41, 5.74) is 3.19. The van der Waals surface area contributed by atoms with Crippen molar-refractivity contribution in [2.75, 3.05) is 32.8 Å². The Labute approximate surface area is 173 Å². The van der Waals surface area contributed by atoms with Gasteiger partial charge < -0.3 is 14.5 Å². The minimum atomic E-state index is 0.110. The van der Waals surface area contributed by atoms with Crippen molar-refractivity contribution >= 4 is 5.91 Å². The van der Waals surface area contributed by atoms with Crippen LogP contribution in [0.4, 0.5) is 0 Å². The predicted octanol–water partition coefficient (Wildman–Crippen LogP) is 3.71. The fourth-order valence-corrected chi connectivity index (χ4v) is 3.74. The lowest BCUT2D eigenvalue weighted by molar-refractivity contribution is -0.126. The molecular formula is C23H33N3O3. The third-order valence-corrected chi connectivity index (χ3v) is 5.57. The fourth-order valence-electron chi connectivity index (χ4n) is 3.74. The Morgan fingerprint density at radius 1 is 1.28 bits per heavy atom. The number of carbonyl (C=O) groups excluding carboxylic acids is 1. The van der Waals surface area contributed by atoms with E-state index in [1.54, 1.807) is 0 Å². The fraction of sp³-hybridized carbons (Fsp3) is 0.565. The van der Waals surface area contributed by atoms with Crippen LogP contribution in [-0.4, -0.2) is 48.6 Å². The van der Waals surface area contributed by atoms with Gasteiger partial charge in [0.1, 0.15) is 5.76 Å². The number of benzene rings is 1. The molecule has 0 spiro atoms. The molecule has 158 valence electrons. The lowest BCUT2D eigenvalue weighted by Crippen LogP contribution is -2.40.